The van der Waals surface area contributed by atoms with Gasteiger partial charge in [0.2, 0.25) is 10.0 Å². The molecule has 0 saturated heterocycles. The second-order valence-corrected chi connectivity index (χ2v) is 9.26. The number of hydrogen-bond donors (Lipinski definition) is 1. The lowest BCUT2D eigenvalue weighted by molar-refractivity contribution is 0.0938. The predicted molar refractivity (Wildman–Crippen MR) is 125 cm³/mol. The van der Waals surface area contributed by atoms with E-state index < -0.39 is 27.8 Å². The second kappa shape index (κ2) is 10.6. The fraction of sp³-hybridized carbons (Fsp3) is 0.240. The van der Waals surface area contributed by atoms with Crippen molar-refractivity contribution in [2.24, 2.45) is 0 Å². The summed E-state index contributed by atoms with van der Waals surface area (Å²) < 4.78 is 46.8. The van der Waals surface area contributed by atoms with Crippen molar-refractivity contribution in [2.75, 3.05) is 20.2 Å². The van der Waals surface area contributed by atoms with Gasteiger partial charge in [0.15, 0.2) is 0 Å². The van der Waals surface area contributed by atoms with E-state index in [2.05, 4.69) is 5.32 Å². The number of sulfonamides is 1. The Bertz CT molecular complexity index is 1190. The van der Waals surface area contributed by atoms with E-state index in [1.165, 1.54) is 10.4 Å². The summed E-state index contributed by atoms with van der Waals surface area (Å²) in [5.74, 6) is -0.849. The molecular formula is C25H27FN2O4S. The van der Waals surface area contributed by atoms with Gasteiger partial charge in [0, 0.05) is 13.1 Å². The molecule has 0 heterocycles. The largest absolute Gasteiger partial charge is 0.497 e. The molecular weight excluding hydrogens is 443 g/mol. The van der Waals surface area contributed by atoms with Crippen molar-refractivity contribution in [3.8, 4) is 5.75 Å². The molecule has 1 N–H and O–H groups in total. The number of carbonyl (C=O) groups excluding carboxylic acids is 1. The fourth-order valence-electron chi connectivity index (χ4n) is 3.56. The molecule has 1 unspecified atom stereocenters. The van der Waals surface area contributed by atoms with E-state index in [0.717, 1.165) is 23.3 Å². The van der Waals surface area contributed by atoms with Crippen LogP contribution in [0.3, 0.4) is 0 Å². The topological polar surface area (TPSA) is 75.7 Å². The molecule has 0 spiro atoms. The fourth-order valence-corrected chi connectivity index (χ4v) is 5.05. The quantitative estimate of drug-likeness (QED) is 0.504. The van der Waals surface area contributed by atoms with Crippen molar-refractivity contribution in [2.45, 2.75) is 24.8 Å². The number of nitrogens with one attached hydrogen (secondary N) is 1. The maximum atomic E-state index is 14.6. The number of hydrogen-bond acceptors (Lipinski definition) is 4. The Balaban J connectivity index is 1.98. The summed E-state index contributed by atoms with van der Waals surface area (Å²) >= 11 is 0. The van der Waals surface area contributed by atoms with Crippen LogP contribution >= 0.6 is 0 Å². The zero-order valence-corrected chi connectivity index (χ0v) is 19.6. The third-order valence-corrected chi connectivity index (χ3v) is 7.43. The molecule has 8 heteroatoms. The number of halogens is 1. The number of ether oxygens (including phenoxy) is 1. The van der Waals surface area contributed by atoms with Crippen LogP contribution < -0.4 is 10.1 Å². The molecule has 1 amide bonds. The van der Waals surface area contributed by atoms with E-state index in [0.29, 0.717) is 5.75 Å². The minimum atomic E-state index is -3.84. The van der Waals surface area contributed by atoms with Crippen LogP contribution in [0, 0.1) is 5.82 Å². The average Bonchev–Trinajstić information content (AvgIpc) is 2.83. The summed E-state index contributed by atoms with van der Waals surface area (Å²) in [5, 5.41) is 2.85. The normalized spacial score (nSPS) is 12.4. The van der Waals surface area contributed by atoms with Crippen LogP contribution in [-0.2, 0) is 10.0 Å². The van der Waals surface area contributed by atoms with Crippen molar-refractivity contribution in [1.29, 1.82) is 0 Å². The molecule has 3 aromatic rings. The zero-order chi connectivity index (χ0) is 24.0. The van der Waals surface area contributed by atoms with Gasteiger partial charge in [-0.3, -0.25) is 4.79 Å². The van der Waals surface area contributed by atoms with E-state index in [1.807, 2.05) is 42.5 Å². The smallest absolute Gasteiger partial charge is 0.255 e. The Morgan fingerprint density at radius 3 is 2.15 bits per heavy atom. The molecule has 174 valence electrons. The molecule has 0 saturated carbocycles. The minimum absolute atomic E-state index is 0.126. The molecule has 0 radical (unpaired) electrons. The summed E-state index contributed by atoms with van der Waals surface area (Å²) in [7, 11) is -2.28. The number of rotatable bonds is 9. The molecule has 0 aliphatic heterocycles. The first kappa shape index (κ1) is 24.4. The Morgan fingerprint density at radius 2 is 1.58 bits per heavy atom. The minimum Gasteiger partial charge on any atom is -0.497 e. The summed E-state index contributed by atoms with van der Waals surface area (Å²) in [5.41, 5.74) is 1.23. The number of amides is 1. The van der Waals surface area contributed by atoms with Gasteiger partial charge in [-0.1, -0.05) is 56.3 Å². The lowest BCUT2D eigenvalue weighted by atomic mass is 9.98. The van der Waals surface area contributed by atoms with E-state index >= 15 is 0 Å². The Morgan fingerprint density at radius 1 is 0.970 bits per heavy atom. The molecule has 0 aliphatic carbocycles. The van der Waals surface area contributed by atoms with Crippen molar-refractivity contribution < 1.29 is 22.3 Å². The number of benzene rings is 3. The molecule has 1 atom stereocenters. The monoisotopic (exact) mass is 470 g/mol. The van der Waals surface area contributed by atoms with Gasteiger partial charge in [0.25, 0.3) is 5.91 Å². The summed E-state index contributed by atoms with van der Waals surface area (Å²) in [4.78, 5) is 13.0. The van der Waals surface area contributed by atoms with E-state index in [-0.39, 0.29) is 23.5 Å². The zero-order valence-electron chi connectivity index (χ0n) is 18.8. The molecule has 3 rings (SSSR count). The number of nitrogens with zero attached hydrogens (tertiary/aromatic N) is 1. The van der Waals surface area contributed by atoms with Crippen LogP contribution in [0.15, 0.2) is 77.7 Å². The van der Waals surface area contributed by atoms with Crippen molar-refractivity contribution in [1.82, 2.24) is 9.62 Å². The van der Waals surface area contributed by atoms with Gasteiger partial charge in [-0.2, -0.15) is 4.31 Å². The highest BCUT2D eigenvalue weighted by molar-refractivity contribution is 7.89. The van der Waals surface area contributed by atoms with Gasteiger partial charge >= 0.3 is 0 Å². The van der Waals surface area contributed by atoms with E-state index in [9.17, 15) is 17.6 Å². The van der Waals surface area contributed by atoms with Gasteiger partial charge in [-0.05, 0) is 41.5 Å². The molecule has 0 aliphatic rings. The maximum Gasteiger partial charge on any atom is 0.255 e. The van der Waals surface area contributed by atoms with Gasteiger partial charge < -0.3 is 10.1 Å². The highest BCUT2D eigenvalue weighted by atomic mass is 32.2. The highest BCUT2D eigenvalue weighted by Gasteiger charge is 2.26. The molecule has 33 heavy (non-hydrogen) atoms. The lowest BCUT2D eigenvalue weighted by Gasteiger charge is -2.21. The lowest BCUT2D eigenvalue weighted by Crippen LogP contribution is -2.32. The third-order valence-electron chi connectivity index (χ3n) is 5.38. The van der Waals surface area contributed by atoms with Crippen molar-refractivity contribution in [3.63, 3.8) is 0 Å². The van der Waals surface area contributed by atoms with Crippen molar-refractivity contribution in [3.05, 3.63) is 95.3 Å². The van der Waals surface area contributed by atoms with E-state index in [4.69, 9.17) is 4.74 Å². The SMILES string of the molecule is CCN(CC)S(=O)(=O)c1ccc(F)c(C(=O)NC(c2ccccc2)c2ccc(OC)cc2)c1. The van der Waals surface area contributed by atoms with Crippen LogP contribution in [0.4, 0.5) is 4.39 Å². The van der Waals surface area contributed by atoms with Crippen LogP contribution in [0.2, 0.25) is 0 Å². The summed E-state index contributed by atoms with van der Waals surface area (Å²) in [6.07, 6.45) is 0. The standard InChI is InChI=1S/C25H27FN2O4S/c1-4-28(5-2)33(30,31)21-15-16-23(26)22(17-21)25(29)27-24(18-9-7-6-8-10-18)19-11-13-20(32-3)14-12-19/h6-17,24H,4-5H2,1-3H3,(H,27,29). The first-order chi connectivity index (χ1) is 15.8. The van der Waals surface area contributed by atoms with Crippen LogP contribution in [0.5, 0.6) is 5.75 Å². The van der Waals surface area contributed by atoms with Gasteiger partial charge in [0.1, 0.15) is 11.6 Å². The van der Waals surface area contributed by atoms with Gasteiger partial charge in [0.05, 0.1) is 23.6 Å². The first-order valence-corrected chi connectivity index (χ1v) is 12.0. The van der Waals surface area contributed by atoms with Gasteiger partial charge in [-0.15, -0.1) is 0 Å². The predicted octanol–water partition coefficient (Wildman–Crippen LogP) is 4.38. The van der Waals surface area contributed by atoms with Gasteiger partial charge in [-0.25, -0.2) is 12.8 Å². The third kappa shape index (κ3) is 5.40. The Hall–Kier alpha value is -3.23. The molecule has 0 bridgehead atoms. The Labute approximate surface area is 194 Å². The molecule has 0 aromatic heterocycles. The summed E-state index contributed by atoms with van der Waals surface area (Å²) in [6.45, 7) is 3.98. The molecule has 0 fully saturated rings. The summed E-state index contributed by atoms with van der Waals surface area (Å²) in [6, 6.07) is 19.1. The molecule has 6 nitrogen and oxygen atoms in total. The first-order valence-electron chi connectivity index (χ1n) is 10.6. The Kier molecular flexibility index (Phi) is 7.84. The van der Waals surface area contributed by atoms with E-state index in [1.54, 1.807) is 33.1 Å². The van der Waals surface area contributed by atoms with Crippen LogP contribution in [0.25, 0.3) is 0 Å². The average molecular weight is 471 g/mol. The highest BCUT2D eigenvalue weighted by Crippen LogP contribution is 2.26. The number of methoxy groups -OCH3 is 1. The molecule has 3 aromatic carbocycles. The van der Waals surface area contributed by atoms with Crippen LogP contribution in [-0.4, -0.2) is 38.8 Å². The number of carbonyl (C=O) groups is 1. The maximum absolute atomic E-state index is 14.6. The van der Waals surface area contributed by atoms with Crippen LogP contribution in [0.1, 0.15) is 41.4 Å². The second-order valence-electron chi connectivity index (χ2n) is 7.32. The van der Waals surface area contributed by atoms with Crippen molar-refractivity contribution >= 4 is 15.9 Å².